The second kappa shape index (κ2) is 6.41. The number of hydrogen-bond donors (Lipinski definition) is 2. The highest BCUT2D eigenvalue weighted by atomic mass is 16.2. The molecule has 3 rings (SSSR count). The van der Waals surface area contributed by atoms with Gasteiger partial charge in [-0.1, -0.05) is 19.3 Å². The average molecular weight is 304 g/mol. The van der Waals surface area contributed by atoms with Crippen LogP contribution in [0.2, 0.25) is 0 Å². The normalized spacial score (nSPS) is 22.3. The van der Waals surface area contributed by atoms with E-state index >= 15 is 0 Å². The second-order valence-electron chi connectivity index (χ2n) is 7.02. The maximum absolute atomic E-state index is 12.4. The number of nitrogens with one attached hydrogen (secondary N) is 2. The third kappa shape index (κ3) is 3.05. The van der Waals surface area contributed by atoms with Gasteiger partial charge in [-0.3, -0.25) is 14.8 Å². The SMILES string of the molecule is Cc1n[nH]c(C)c1[C@@H](C)NC(=O)C1CN(C2CCCCC2)C1. The summed E-state index contributed by atoms with van der Waals surface area (Å²) in [5.74, 6) is 0.358. The van der Waals surface area contributed by atoms with Crippen LogP contribution in [0.5, 0.6) is 0 Å². The lowest BCUT2D eigenvalue weighted by Gasteiger charge is -2.45. The molecule has 0 unspecified atom stereocenters. The van der Waals surface area contributed by atoms with E-state index in [1.54, 1.807) is 0 Å². The molecule has 1 aliphatic heterocycles. The maximum Gasteiger partial charge on any atom is 0.226 e. The van der Waals surface area contributed by atoms with Crippen LogP contribution in [0.25, 0.3) is 0 Å². The highest BCUT2D eigenvalue weighted by molar-refractivity contribution is 5.80. The van der Waals surface area contributed by atoms with Crippen LogP contribution in [-0.4, -0.2) is 40.1 Å². The Morgan fingerprint density at radius 2 is 1.95 bits per heavy atom. The summed E-state index contributed by atoms with van der Waals surface area (Å²) in [5, 5.41) is 10.4. The molecule has 1 saturated carbocycles. The zero-order chi connectivity index (χ0) is 15.7. The van der Waals surface area contributed by atoms with Gasteiger partial charge >= 0.3 is 0 Å². The first-order chi connectivity index (χ1) is 10.6. The molecule has 1 atom stereocenters. The van der Waals surface area contributed by atoms with E-state index in [-0.39, 0.29) is 17.9 Å². The topological polar surface area (TPSA) is 61.0 Å². The van der Waals surface area contributed by atoms with Gasteiger partial charge in [-0.25, -0.2) is 0 Å². The second-order valence-corrected chi connectivity index (χ2v) is 7.02. The van der Waals surface area contributed by atoms with Gasteiger partial charge in [0.1, 0.15) is 0 Å². The molecular formula is C17H28N4O. The summed E-state index contributed by atoms with van der Waals surface area (Å²) in [6.45, 7) is 7.90. The Labute approximate surface area is 132 Å². The molecule has 5 heteroatoms. The number of aryl methyl sites for hydroxylation is 2. The Bertz CT molecular complexity index is 507. The molecule has 0 bridgehead atoms. The van der Waals surface area contributed by atoms with Crippen LogP contribution in [0.4, 0.5) is 0 Å². The van der Waals surface area contributed by atoms with Gasteiger partial charge in [0, 0.05) is 30.4 Å². The number of rotatable bonds is 4. The number of carbonyl (C=O) groups is 1. The number of likely N-dealkylation sites (tertiary alicyclic amines) is 1. The van der Waals surface area contributed by atoms with Gasteiger partial charge in [0.15, 0.2) is 0 Å². The third-order valence-electron chi connectivity index (χ3n) is 5.35. The first-order valence-electron chi connectivity index (χ1n) is 8.62. The van der Waals surface area contributed by atoms with E-state index in [2.05, 4.69) is 20.4 Å². The van der Waals surface area contributed by atoms with Crippen molar-refractivity contribution >= 4 is 5.91 Å². The van der Waals surface area contributed by atoms with E-state index in [0.29, 0.717) is 0 Å². The number of amides is 1. The molecule has 1 aromatic rings. The summed E-state index contributed by atoms with van der Waals surface area (Å²) in [7, 11) is 0. The van der Waals surface area contributed by atoms with Crippen LogP contribution in [0.15, 0.2) is 0 Å². The summed E-state index contributed by atoms with van der Waals surface area (Å²) >= 11 is 0. The molecule has 0 radical (unpaired) electrons. The van der Waals surface area contributed by atoms with E-state index in [0.717, 1.165) is 36.1 Å². The van der Waals surface area contributed by atoms with E-state index in [1.807, 2.05) is 20.8 Å². The first-order valence-corrected chi connectivity index (χ1v) is 8.62. The lowest BCUT2D eigenvalue weighted by atomic mass is 9.88. The molecule has 1 amide bonds. The van der Waals surface area contributed by atoms with Gasteiger partial charge in [0.2, 0.25) is 5.91 Å². The first kappa shape index (κ1) is 15.5. The molecule has 2 N–H and O–H groups in total. The minimum absolute atomic E-state index is 0.0231. The van der Waals surface area contributed by atoms with Gasteiger partial charge in [-0.05, 0) is 33.6 Å². The molecule has 1 aliphatic carbocycles. The van der Waals surface area contributed by atoms with Crippen LogP contribution < -0.4 is 5.32 Å². The number of aromatic amines is 1. The van der Waals surface area contributed by atoms with Crippen LogP contribution in [0.3, 0.4) is 0 Å². The van der Waals surface area contributed by atoms with Crippen LogP contribution >= 0.6 is 0 Å². The molecule has 22 heavy (non-hydrogen) atoms. The van der Waals surface area contributed by atoms with E-state index < -0.39 is 0 Å². The standard InChI is InChI=1S/C17H28N4O/c1-11(16-12(2)19-20-13(16)3)18-17(22)14-9-21(10-14)15-7-5-4-6-8-15/h11,14-15H,4-10H2,1-3H3,(H,18,22)(H,19,20)/t11-/m1/s1. The lowest BCUT2D eigenvalue weighted by molar-refractivity contribution is -0.132. The molecule has 0 spiro atoms. The van der Waals surface area contributed by atoms with E-state index in [4.69, 9.17) is 0 Å². The highest BCUT2D eigenvalue weighted by Gasteiger charge is 2.37. The Kier molecular flexibility index (Phi) is 4.52. The molecule has 1 aromatic heterocycles. The summed E-state index contributed by atoms with van der Waals surface area (Å²) < 4.78 is 0. The largest absolute Gasteiger partial charge is 0.349 e. The van der Waals surface area contributed by atoms with Crippen molar-refractivity contribution in [3.8, 4) is 0 Å². The molecule has 122 valence electrons. The van der Waals surface area contributed by atoms with Crippen molar-refractivity contribution in [2.45, 2.75) is 65.0 Å². The predicted molar refractivity (Wildman–Crippen MR) is 86.6 cm³/mol. The summed E-state index contributed by atoms with van der Waals surface area (Å²) in [4.78, 5) is 14.9. The third-order valence-corrected chi connectivity index (χ3v) is 5.35. The Balaban J connectivity index is 1.49. The predicted octanol–water partition coefficient (Wildman–Crippen LogP) is 2.47. The Hall–Kier alpha value is -1.36. The lowest BCUT2D eigenvalue weighted by Crippen LogP contribution is -2.57. The number of H-pyrrole nitrogens is 1. The minimum Gasteiger partial charge on any atom is -0.349 e. The van der Waals surface area contributed by atoms with Gasteiger partial charge < -0.3 is 5.32 Å². The fourth-order valence-corrected chi connectivity index (χ4v) is 4.02. The number of nitrogens with zero attached hydrogens (tertiary/aromatic N) is 2. The van der Waals surface area contributed by atoms with Crippen molar-refractivity contribution in [2.24, 2.45) is 5.92 Å². The molecule has 2 fully saturated rings. The molecular weight excluding hydrogens is 276 g/mol. The zero-order valence-corrected chi connectivity index (χ0v) is 14.0. The van der Waals surface area contributed by atoms with Crippen molar-refractivity contribution in [1.82, 2.24) is 20.4 Å². The number of aromatic nitrogens is 2. The fourth-order valence-electron chi connectivity index (χ4n) is 4.02. The van der Waals surface area contributed by atoms with Crippen molar-refractivity contribution in [2.75, 3.05) is 13.1 Å². The quantitative estimate of drug-likeness (QED) is 0.898. The highest BCUT2D eigenvalue weighted by Crippen LogP contribution is 2.29. The average Bonchev–Trinajstić information content (AvgIpc) is 2.77. The van der Waals surface area contributed by atoms with Crippen LogP contribution in [-0.2, 0) is 4.79 Å². The summed E-state index contributed by atoms with van der Waals surface area (Å²) in [6.07, 6.45) is 6.73. The Morgan fingerprint density at radius 1 is 1.27 bits per heavy atom. The van der Waals surface area contributed by atoms with Gasteiger partial charge in [0.25, 0.3) is 0 Å². The molecule has 1 saturated heterocycles. The molecule has 2 aliphatic rings. The van der Waals surface area contributed by atoms with Crippen LogP contribution in [0, 0.1) is 19.8 Å². The number of hydrogen-bond acceptors (Lipinski definition) is 3. The van der Waals surface area contributed by atoms with Crippen molar-refractivity contribution in [3.63, 3.8) is 0 Å². The van der Waals surface area contributed by atoms with Gasteiger partial charge in [-0.2, -0.15) is 5.10 Å². The van der Waals surface area contributed by atoms with E-state index in [9.17, 15) is 4.79 Å². The maximum atomic E-state index is 12.4. The molecule has 2 heterocycles. The van der Waals surface area contributed by atoms with Crippen molar-refractivity contribution in [3.05, 3.63) is 17.0 Å². The van der Waals surface area contributed by atoms with Crippen molar-refractivity contribution in [1.29, 1.82) is 0 Å². The molecule has 5 nitrogen and oxygen atoms in total. The van der Waals surface area contributed by atoms with E-state index in [1.165, 1.54) is 32.1 Å². The number of carbonyl (C=O) groups excluding carboxylic acids is 1. The summed E-state index contributed by atoms with van der Waals surface area (Å²) in [5.41, 5.74) is 3.14. The monoisotopic (exact) mass is 304 g/mol. The minimum atomic E-state index is 0.0231. The zero-order valence-electron chi connectivity index (χ0n) is 14.0. The Morgan fingerprint density at radius 3 is 2.55 bits per heavy atom. The van der Waals surface area contributed by atoms with Gasteiger partial charge in [-0.15, -0.1) is 0 Å². The summed E-state index contributed by atoms with van der Waals surface area (Å²) in [6, 6.07) is 0.753. The van der Waals surface area contributed by atoms with Crippen LogP contribution in [0.1, 0.15) is 62.0 Å². The smallest absolute Gasteiger partial charge is 0.226 e. The molecule has 0 aromatic carbocycles. The van der Waals surface area contributed by atoms with Gasteiger partial charge in [0.05, 0.1) is 17.7 Å². The van der Waals surface area contributed by atoms with Crippen molar-refractivity contribution < 1.29 is 4.79 Å². The fraction of sp³-hybridized carbons (Fsp3) is 0.765.